The van der Waals surface area contributed by atoms with Crippen LogP contribution in [0.2, 0.25) is 0 Å². The van der Waals surface area contributed by atoms with Gasteiger partial charge in [0.25, 0.3) is 5.91 Å². The van der Waals surface area contributed by atoms with Crippen LogP contribution in [0.5, 0.6) is 5.75 Å². The van der Waals surface area contributed by atoms with Gasteiger partial charge in [-0.25, -0.2) is 0 Å². The summed E-state index contributed by atoms with van der Waals surface area (Å²) in [5.41, 5.74) is 0.611. The van der Waals surface area contributed by atoms with Crippen LogP contribution < -0.4 is 10.1 Å². The zero-order chi connectivity index (χ0) is 13.5. The third kappa shape index (κ3) is 4.66. The second-order valence-electron chi connectivity index (χ2n) is 4.14. The number of halogens is 1. The predicted octanol–water partition coefficient (Wildman–Crippen LogP) is 2.14. The monoisotopic (exact) mass is 314 g/mol. The molecule has 0 saturated carbocycles. The van der Waals surface area contributed by atoms with Gasteiger partial charge >= 0.3 is 0 Å². The molecular formula is C13H19BrN2O2. The number of nitrogens with zero attached hydrogens (tertiary/aromatic N) is 1. The van der Waals surface area contributed by atoms with E-state index in [9.17, 15) is 4.79 Å². The fourth-order valence-electron chi connectivity index (χ4n) is 1.41. The molecule has 18 heavy (non-hydrogen) atoms. The Morgan fingerprint density at radius 1 is 1.44 bits per heavy atom. The first-order valence-corrected chi connectivity index (χ1v) is 6.69. The number of amides is 1. The molecule has 0 aliphatic heterocycles. The lowest BCUT2D eigenvalue weighted by atomic mass is 10.2. The second-order valence-corrected chi connectivity index (χ2v) is 4.99. The van der Waals surface area contributed by atoms with Gasteiger partial charge in [0.1, 0.15) is 5.75 Å². The Labute approximate surface area is 116 Å². The molecule has 0 aliphatic carbocycles. The van der Waals surface area contributed by atoms with Crippen molar-refractivity contribution in [3.8, 4) is 5.75 Å². The SMILES string of the molecule is CCOc1cc(C(=O)NCCN(C)C)ccc1Br. The summed E-state index contributed by atoms with van der Waals surface area (Å²) in [7, 11) is 3.94. The van der Waals surface area contributed by atoms with Crippen LogP contribution >= 0.6 is 15.9 Å². The van der Waals surface area contributed by atoms with Gasteiger partial charge in [-0.05, 0) is 55.1 Å². The van der Waals surface area contributed by atoms with E-state index in [1.54, 1.807) is 12.1 Å². The van der Waals surface area contributed by atoms with Crippen molar-refractivity contribution in [1.29, 1.82) is 0 Å². The molecule has 1 aromatic rings. The average Bonchev–Trinajstić information content (AvgIpc) is 2.31. The first kappa shape index (κ1) is 15.0. The molecule has 4 nitrogen and oxygen atoms in total. The molecule has 5 heteroatoms. The Morgan fingerprint density at radius 2 is 2.17 bits per heavy atom. The minimum atomic E-state index is -0.0784. The highest BCUT2D eigenvalue weighted by molar-refractivity contribution is 9.10. The standard InChI is InChI=1S/C13H19BrN2O2/c1-4-18-12-9-10(5-6-11(12)14)13(17)15-7-8-16(2)3/h5-6,9H,4,7-8H2,1-3H3,(H,15,17). The lowest BCUT2D eigenvalue weighted by Crippen LogP contribution is -2.31. The maximum absolute atomic E-state index is 11.9. The fraction of sp³-hybridized carbons (Fsp3) is 0.462. The summed E-state index contributed by atoms with van der Waals surface area (Å²) in [5.74, 6) is 0.614. The molecule has 1 N–H and O–H groups in total. The smallest absolute Gasteiger partial charge is 0.251 e. The molecule has 0 aliphatic rings. The van der Waals surface area contributed by atoms with E-state index in [-0.39, 0.29) is 5.91 Å². The van der Waals surface area contributed by atoms with Gasteiger partial charge in [-0.15, -0.1) is 0 Å². The van der Waals surface area contributed by atoms with E-state index in [1.165, 1.54) is 0 Å². The van der Waals surface area contributed by atoms with Gasteiger partial charge in [0.15, 0.2) is 0 Å². The van der Waals surface area contributed by atoms with Crippen LogP contribution in [0.15, 0.2) is 22.7 Å². The Morgan fingerprint density at radius 3 is 2.78 bits per heavy atom. The normalized spacial score (nSPS) is 10.5. The molecule has 0 atom stereocenters. The number of carbonyl (C=O) groups is 1. The van der Waals surface area contributed by atoms with Gasteiger partial charge in [0, 0.05) is 18.7 Å². The van der Waals surface area contributed by atoms with Crippen LogP contribution in [0.1, 0.15) is 17.3 Å². The minimum absolute atomic E-state index is 0.0784. The van der Waals surface area contributed by atoms with E-state index in [1.807, 2.05) is 32.0 Å². The van der Waals surface area contributed by atoms with E-state index in [0.29, 0.717) is 24.5 Å². The molecule has 0 spiro atoms. The molecule has 0 aromatic heterocycles. The third-order valence-corrected chi connectivity index (χ3v) is 2.99. The van der Waals surface area contributed by atoms with E-state index in [2.05, 4.69) is 21.2 Å². The molecule has 0 radical (unpaired) electrons. The minimum Gasteiger partial charge on any atom is -0.493 e. The van der Waals surface area contributed by atoms with Crippen molar-refractivity contribution < 1.29 is 9.53 Å². The fourth-order valence-corrected chi connectivity index (χ4v) is 1.77. The van der Waals surface area contributed by atoms with Crippen molar-refractivity contribution in [2.75, 3.05) is 33.8 Å². The second kappa shape index (κ2) is 7.38. The Kier molecular flexibility index (Phi) is 6.15. The summed E-state index contributed by atoms with van der Waals surface area (Å²) in [6.07, 6.45) is 0. The van der Waals surface area contributed by atoms with Crippen LogP contribution in [-0.4, -0.2) is 44.6 Å². The number of likely N-dealkylation sites (N-methyl/N-ethyl adjacent to an activating group) is 1. The van der Waals surface area contributed by atoms with Gasteiger partial charge in [-0.1, -0.05) is 0 Å². The Hall–Kier alpha value is -1.07. The number of rotatable bonds is 6. The zero-order valence-corrected chi connectivity index (χ0v) is 12.6. The van der Waals surface area contributed by atoms with E-state index in [4.69, 9.17) is 4.74 Å². The van der Waals surface area contributed by atoms with Gasteiger partial charge in [-0.3, -0.25) is 4.79 Å². The number of carbonyl (C=O) groups excluding carboxylic acids is 1. The van der Waals surface area contributed by atoms with Crippen LogP contribution in [-0.2, 0) is 0 Å². The summed E-state index contributed by atoms with van der Waals surface area (Å²) in [5, 5.41) is 2.87. The molecule has 1 rings (SSSR count). The number of hydrogen-bond acceptors (Lipinski definition) is 3. The van der Waals surface area contributed by atoms with Crippen LogP contribution in [0.4, 0.5) is 0 Å². The summed E-state index contributed by atoms with van der Waals surface area (Å²) in [4.78, 5) is 13.9. The van der Waals surface area contributed by atoms with Crippen LogP contribution in [0, 0.1) is 0 Å². The quantitative estimate of drug-likeness (QED) is 0.874. The highest BCUT2D eigenvalue weighted by Gasteiger charge is 2.08. The van der Waals surface area contributed by atoms with Gasteiger partial charge in [-0.2, -0.15) is 0 Å². The molecule has 0 heterocycles. The number of nitrogens with one attached hydrogen (secondary N) is 1. The summed E-state index contributed by atoms with van der Waals surface area (Å²) < 4.78 is 6.29. The van der Waals surface area contributed by atoms with Crippen molar-refractivity contribution in [3.05, 3.63) is 28.2 Å². The lowest BCUT2D eigenvalue weighted by molar-refractivity contribution is 0.0950. The van der Waals surface area contributed by atoms with Crippen LogP contribution in [0.3, 0.4) is 0 Å². The van der Waals surface area contributed by atoms with E-state index in [0.717, 1.165) is 11.0 Å². The molecule has 1 amide bonds. The first-order valence-electron chi connectivity index (χ1n) is 5.90. The summed E-state index contributed by atoms with van der Waals surface area (Å²) in [6.45, 7) is 3.94. The number of benzene rings is 1. The molecule has 0 fully saturated rings. The van der Waals surface area contributed by atoms with E-state index >= 15 is 0 Å². The number of hydrogen-bond donors (Lipinski definition) is 1. The van der Waals surface area contributed by atoms with Crippen molar-refractivity contribution in [1.82, 2.24) is 10.2 Å². The van der Waals surface area contributed by atoms with Gasteiger partial charge < -0.3 is 15.0 Å². The highest BCUT2D eigenvalue weighted by Crippen LogP contribution is 2.25. The van der Waals surface area contributed by atoms with Crippen LogP contribution in [0.25, 0.3) is 0 Å². The molecular weight excluding hydrogens is 296 g/mol. The third-order valence-electron chi connectivity index (χ3n) is 2.34. The maximum atomic E-state index is 11.9. The summed E-state index contributed by atoms with van der Waals surface area (Å²) in [6, 6.07) is 5.35. The molecule has 0 bridgehead atoms. The Bertz CT molecular complexity index is 408. The average molecular weight is 315 g/mol. The topological polar surface area (TPSA) is 41.6 Å². The zero-order valence-electron chi connectivity index (χ0n) is 11.0. The number of ether oxygens (including phenoxy) is 1. The van der Waals surface area contributed by atoms with Crippen molar-refractivity contribution in [2.45, 2.75) is 6.92 Å². The van der Waals surface area contributed by atoms with Gasteiger partial charge in [0.2, 0.25) is 0 Å². The largest absolute Gasteiger partial charge is 0.493 e. The predicted molar refractivity (Wildman–Crippen MR) is 76.2 cm³/mol. The first-order chi connectivity index (χ1) is 8.54. The molecule has 100 valence electrons. The lowest BCUT2D eigenvalue weighted by Gasteiger charge is -2.11. The van der Waals surface area contributed by atoms with E-state index < -0.39 is 0 Å². The maximum Gasteiger partial charge on any atom is 0.251 e. The molecule has 1 aromatic carbocycles. The van der Waals surface area contributed by atoms with Crippen molar-refractivity contribution in [3.63, 3.8) is 0 Å². The highest BCUT2D eigenvalue weighted by atomic mass is 79.9. The van der Waals surface area contributed by atoms with Crippen molar-refractivity contribution >= 4 is 21.8 Å². The summed E-state index contributed by atoms with van der Waals surface area (Å²) >= 11 is 3.39. The molecule has 0 saturated heterocycles. The molecule has 0 unspecified atom stereocenters. The van der Waals surface area contributed by atoms with Crippen molar-refractivity contribution in [2.24, 2.45) is 0 Å². The van der Waals surface area contributed by atoms with Gasteiger partial charge in [0.05, 0.1) is 11.1 Å². The Balaban J connectivity index is 2.65.